The Morgan fingerprint density at radius 3 is 2.90 bits per heavy atom. The van der Waals surface area contributed by atoms with E-state index in [2.05, 4.69) is 10.6 Å². The Bertz CT molecular complexity index is 947. The van der Waals surface area contributed by atoms with Crippen LogP contribution < -0.4 is 15.4 Å². The van der Waals surface area contributed by atoms with Crippen LogP contribution in [-0.4, -0.2) is 37.7 Å². The number of nitrogens with one attached hydrogen (secondary N) is 2. The van der Waals surface area contributed by atoms with Gasteiger partial charge in [0.05, 0.1) is 11.7 Å². The van der Waals surface area contributed by atoms with Crippen molar-refractivity contribution in [2.24, 2.45) is 0 Å². The maximum Gasteiger partial charge on any atom is 0.262 e. The molecule has 2 aliphatic rings. The molecule has 0 unspecified atom stereocenters. The van der Waals surface area contributed by atoms with Crippen LogP contribution in [-0.2, 0) is 22.4 Å². The van der Waals surface area contributed by atoms with E-state index in [9.17, 15) is 9.59 Å². The van der Waals surface area contributed by atoms with Gasteiger partial charge < -0.3 is 20.1 Å². The van der Waals surface area contributed by atoms with E-state index in [0.29, 0.717) is 22.9 Å². The summed E-state index contributed by atoms with van der Waals surface area (Å²) in [5.74, 6) is 0.313. The number of fused-ring (bicyclic) bond motifs is 1. The van der Waals surface area contributed by atoms with Crippen molar-refractivity contribution in [2.75, 3.05) is 25.1 Å². The number of anilines is 1. The first kappa shape index (κ1) is 20.9. The maximum atomic E-state index is 12.9. The Hall–Kier alpha value is -2.38. The largest absolute Gasteiger partial charge is 0.483 e. The van der Waals surface area contributed by atoms with Crippen molar-refractivity contribution in [3.8, 4) is 5.75 Å². The summed E-state index contributed by atoms with van der Waals surface area (Å²) in [5.41, 5.74) is 3.84. The molecule has 1 saturated heterocycles. The van der Waals surface area contributed by atoms with Gasteiger partial charge in [-0.3, -0.25) is 9.59 Å². The van der Waals surface area contributed by atoms with Crippen molar-refractivity contribution < 1.29 is 19.1 Å². The summed E-state index contributed by atoms with van der Waals surface area (Å²) < 4.78 is 11.3. The lowest BCUT2D eigenvalue weighted by Gasteiger charge is -2.13. The average Bonchev–Trinajstić information content (AvgIpc) is 3.45. The van der Waals surface area contributed by atoms with Crippen LogP contribution in [0.5, 0.6) is 5.75 Å². The molecule has 1 fully saturated rings. The summed E-state index contributed by atoms with van der Waals surface area (Å²) in [7, 11) is 0. The van der Waals surface area contributed by atoms with Gasteiger partial charge in [0.15, 0.2) is 6.61 Å². The third-order valence-electron chi connectivity index (χ3n) is 5.83. The van der Waals surface area contributed by atoms with Crippen LogP contribution in [0.15, 0.2) is 18.2 Å². The summed E-state index contributed by atoms with van der Waals surface area (Å²) in [4.78, 5) is 26.7. The molecule has 7 heteroatoms. The molecule has 0 radical (unpaired) electrons. The molecule has 1 aliphatic heterocycles. The number of aryl methyl sites for hydroxylation is 2. The number of amides is 2. The van der Waals surface area contributed by atoms with Crippen molar-refractivity contribution in [3.63, 3.8) is 0 Å². The quantitative estimate of drug-likeness (QED) is 0.704. The number of rotatable bonds is 7. The highest BCUT2D eigenvalue weighted by atomic mass is 32.1. The average molecular weight is 429 g/mol. The maximum absolute atomic E-state index is 12.9. The molecular weight excluding hydrogens is 400 g/mol. The van der Waals surface area contributed by atoms with Crippen LogP contribution in [0.2, 0.25) is 0 Å². The SMILES string of the molecule is Cc1cccc(OCC(=O)Nc2sc3c(c2C(=O)NC[C@H]2CCCO2)CCC3)c1C. The predicted octanol–water partition coefficient (Wildman–Crippen LogP) is 3.78. The second-order valence-electron chi connectivity index (χ2n) is 7.94. The van der Waals surface area contributed by atoms with Gasteiger partial charge in [-0.15, -0.1) is 11.3 Å². The summed E-state index contributed by atoms with van der Waals surface area (Å²) in [5, 5.41) is 6.54. The fourth-order valence-corrected chi connectivity index (χ4v) is 5.32. The Labute approximate surface area is 181 Å². The number of ether oxygens (including phenoxy) is 2. The zero-order valence-corrected chi connectivity index (χ0v) is 18.3. The molecule has 0 saturated carbocycles. The van der Waals surface area contributed by atoms with Gasteiger partial charge in [-0.1, -0.05) is 12.1 Å². The molecule has 6 nitrogen and oxygen atoms in total. The van der Waals surface area contributed by atoms with Gasteiger partial charge in [0.25, 0.3) is 11.8 Å². The van der Waals surface area contributed by atoms with Crippen LogP contribution >= 0.6 is 11.3 Å². The van der Waals surface area contributed by atoms with E-state index in [0.717, 1.165) is 55.4 Å². The number of carbonyl (C=O) groups excluding carboxylic acids is 2. The Morgan fingerprint density at radius 1 is 1.23 bits per heavy atom. The van der Waals surface area contributed by atoms with Gasteiger partial charge in [-0.25, -0.2) is 0 Å². The van der Waals surface area contributed by atoms with Crippen LogP contribution in [0.3, 0.4) is 0 Å². The standard InChI is InChI=1S/C23H28N2O4S/c1-14-6-3-9-18(15(14)2)29-13-20(26)25-23-21(17-8-4-10-19(17)30-23)22(27)24-12-16-7-5-11-28-16/h3,6,9,16H,4-5,7-8,10-13H2,1-2H3,(H,24,27)(H,25,26)/t16-/m1/s1. The molecule has 2 amide bonds. The Morgan fingerprint density at radius 2 is 2.10 bits per heavy atom. The monoisotopic (exact) mass is 428 g/mol. The minimum atomic E-state index is -0.260. The lowest BCUT2D eigenvalue weighted by Crippen LogP contribution is -2.32. The normalized spacial score (nSPS) is 17.6. The summed E-state index contributed by atoms with van der Waals surface area (Å²) >= 11 is 1.51. The molecule has 2 N–H and O–H groups in total. The fourth-order valence-electron chi connectivity index (χ4n) is 4.02. The van der Waals surface area contributed by atoms with Gasteiger partial charge in [-0.05, 0) is 68.7 Å². The van der Waals surface area contributed by atoms with Crippen molar-refractivity contribution in [3.05, 3.63) is 45.3 Å². The van der Waals surface area contributed by atoms with Gasteiger partial charge in [0.2, 0.25) is 0 Å². The van der Waals surface area contributed by atoms with Crippen molar-refractivity contribution in [2.45, 2.75) is 52.1 Å². The lowest BCUT2D eigenvalue weighted by molar-refractivity contribution is -0.118. The highest BCUT2D eigenvalue weighted by Gasteiger charge is 2.28. The third-order valence-corrected chi connectivity index (χ3v) is 7.04. The second-order valence-corrected chi connectivity index (χ2v) is 9.05. The van der Waals surface area contributed by atoms with E-state index < -0.39 is 0 Å². The molecule has 30 heavy (non-hydrogen) atoms. The topological polar surface area (TPSA) is 76.7 Å². The van der Waals surface area contributed by atoms with Gasteiger partial charge >= 0.3 is 0 Å². The summed E-state index contributed by atoms with van der Waals surface area (Å²) in [6.45, 7) is 5.16. The Balaban J connectivity index is 1.42. The molecule has 2 heterocycles. The number of carbonyl (C=O) groups is 2. The van der Waals surface area contributed by atoms with E-state index in [4.69, 9.17) is 9.47 Å². The highest BCUT2D eigenvalue weighted by molar-refractivity contribution is 7.17. The summed E-state index contributed by atoms with van der Waals surface area (Å²) in [6, 6.07) is 5.78. The van der Waals surface area contributed by atoms with Crippen LogP contribution in [0.1, 0.15) is 51.2 Å². The number of hydrogen-bond acceptors (Lipinski definition) is 5. The van der Waals surface area contributed by atoms with E-state index in [1.807, 2.05) is 32.0 Å². The van der Waals surface area contributed by atoms with Gasteiger partial charge in [0, 0.05) is 18.0 Å². The van der Waals surface area contributed by atoms with E-state index >= 15 is 0 Å². The fraction of sp³-hybridized carbons (Fsp3) is 0.478. The first-order chi connectivity index (χ1) is 14.5. The zero-order chi connectivity index (χ0) is 21.1. The number of hydrogen-bond donors (Lipinski definition) is 2. The minimum Gasteiger partial charge on any atom is -0.483 e. The molecule has 1 aliphatic carbocycles. The van der Waals surface area contributed by atoms with E-state index in [1.54, 1.807) is 0 Å². The third kappa shape index (κ3) is 4.52. The first-order valence-electron chi connectivity index (χ1n) is 10.6. The molecule has 1 atom stereocenters. The van der Waals surface area contributed by atoms with Crippen LogP contribution in [0.25, 0.3) is 0 Å². The van der Waals surface area contributed by atoms with Crippen LogP contribution in [0.4, 0.5) is 5.00 Å². The highest BCUT2D eigenvalue weighted by Crippen LogP contribution is 2.39. The minimum absolute atomic E-state index is 0.0876. The molecular formula is C23H28N2O4S. The molecule has 1 aromatic heterocycles. The molecule has 160 valence electrons. The van der Waals surface area contributed by atoms with E-state index in [-0.39, 0.29) is 24.5 Å². The zero-order valence-electron chi connectivity index (χ0n) is 17.5. The van der Waals surface area contributed by atoms with Gasteiger partial charge in [0.1, 0.15) is 10.8 Å². The molecule has 0 spiro atoms. The Kier molecular flexibility index (Phi) is 6.39. The number of thiophene rings is 1. The lowest BCUT2D eigenvalue weighted by atomic mass is 10.1. The smallest absolute Gasteiger partial charge is 0.262 e. The van der Waals surface area contributed by atoms with Gasteiger partial charge in [-0.2, -0.15) is 0 Å². The summed E-state index contributed by atoms with van der Waals surface area (Å²) in [6.07, 6.45) is 4.99. The molecule has 4 rings (SSSR count). The number of benzene rings is 1. The molecule has 0 bridgehead atoms. The van der Waals surface area contributed by atoms with E-state index in [1.165, 1.54) is 16.2 Å². The van der Waals surface area contributed by atoms with Crippen LogP contribution in [0, 0.1) is 13.8 Å². The van der Waals surface area contributed by atoms with Crippen molar-refractivity contribution in [1.82, 2.24) is 5.32 Å². The first-order valence-corrected chi connectivity index (χ1v) is 11.4. The molecule has 1 aromatic carbocycles. The second kappa shape index (κ2) is 9.18. The van der Waals surface area contributed by atoms with Crippen molar-refractivity contribution >= 4 is 28.2 Å². The van der Waals surface area contributed by atoms with Crippen molar-refractivity contribution in [1.29, 1.82) is 0 Å². The molecule has 2 aromatic rings. The predicted molar refractivity (Wildman–Crippen MR) is 118 cm³/mol.